The van der Waals surface area contributed by atoms with Crippen LogP contribution in [0.4, 0.5) is 0 Å². The van der Waals surface area contributed by atoms with E-state index in [1.807, 2.05) is 0 Å². The number of carbonyl (C=O) groups is 1. The highest BCUT2D eigenvalue weighted by molar-refractivity contribution is 6.40. The number of halogens is 3. The second-order valence-corrected chi connectivity index (χ2v) is 6.47. The van der Waals surface area contributed by atoms with E-state index in [4.69, 9.17) is 54.5 Å². The summed E-state index contributed by atoms with van der Waals surface area (Å²) < 4.78 is 16.5. The number of benzene rings is 2. The number of methoxy groups -OCH3 is 1. The maximum absolute atomic E-state index is 11.7. The third-order valence-electron chi connectivity index (χ3n) is 3.38. The van der Waals surface area contributed by atoms with Gasteiger partial charge in [0, 0.05) is 17.0 Å². The predicted octanol–water partition coefficient (Wildman–Crippen LogP) is 4.99. The molecule has 0 fully saturated rings. The number of carbonyl (C=O) groups excluding carboxylic acids is 1. The molecule has 0 saturated carbocycles. The Bertz CT molecular complexity index is 860. The molecule has 0 atom stereocenters. The zero-order chi connectivity index (χ0) is 19.8. The fourth-order valence-corrected chi connectivity index (χ4v) is 3.08. The summed E-state index contributed by atoms with van der Waals surface area (Å²) in [5.41, 5.74) is 8.75. The molecule has 0 heterocycles. The second-order valence-electron chi connectivity index (χ2n) is 5.22. The zero-order valence-corrected chi connectivity index (χ0v) is 16.5. The lowest BCUT2D eigenvalue weighted by Gasteiger charge is -2.13. The first-order chi connectivity index (χ1) is 13.0. The molecule has 0 aromatic heterocycles. The molecule has 0 aliphatic rings. The van der Waals surface area contributed by atoms with Gasteiger partial charge < -0.3 is 19.7 Å². The summed E-state index contributed by atoms with van der Waals surface area (Å²) in [4.78, 5) is 14.4. The Morgan fingerprint density at radius 1 is 1.07 bits per heavy atom. The van der Waals surface area contributed by atoms with Gasteiger partial charge in [-0.3, -0.25) is 4.79 Å². The molecule has 2 aromatic rings. The van der Waals surface area contributed by atoms with Gasteiger partial charge in [-0.15, -0.1) is 0 Å². The number of Topliss-reactive ketones (excluding diaryl/α,β-unsaturated/α-hetero) is 1. The van der Waals surface area contributed by atoms with Gasteiger partial charge in [0.25, 0.3) is 5.78 Å². The van der Waals surface area contributed by atoms with Crippen LogP contribution in [0.5, 0.6) is 17.2 Å². The third-order valence-corrected chi connectivity index (χ3v) is 4.16. The third kappa shape index (κ3) is 5.88. The maximum atomic E-state index is 11.7. The van der Waals surface area contributed by atoms with Crippen molar-refractivity contribution < 1.29 is 23.8 Å². The van der Waals surface area contributed by atoms with Crippen molar-refractivity contribution in [3.05, 3.63) is 56.5 Å². The first kappa shape index (κ1) is 21.1. The molecule has 0 spiro atoms. The monoisotopic (exact) mass is 428 g/mol. The van der Waals surface area contributed by atoms with Crippen LogP contribution >= 0.6 is 34.8 Å². The lowest BCUT2D eigenvalue weighted by molar-refractivity contribution is 0.00234. The van der Waals surface area contributed by atoms with Crippen molar-refractivity contribution in [1.29, 1.82) is 0 Å². The normalized spacial score (nSPS) is 10.1. The van der Waals surface area contributed by atoms with Crippen LogP contribution in [0.3, 0.4) is 0 Å². The van der Waals surface area contributed by atoms with E-state index in [0.717, 1.165) is 6.21 Å². The fraction of sp³-hybridized carbons (Fsp3) is 0.222. The van der Waals surface area contributed by atoms with Crippen molar-refractivity contribution in [3.8, 4) is 17.2 Å². The maximum Gasteiger partial charge on any atom is 0.328 e. The van der Waals surface area contributed by atoms with E-state index in [-0.39, 0.29) is 0 Å². The Balaban J connectivity index is 1.90. The molecule has 27 heavy (non-hydrogen) atoms. The van der Waals surface area contributed by atoms with E-state index in [1.165, 1.54) is 13.2 Å². The highest BCUT2D eigenvalue weighted by Gasteiger charge is 2.13. The lowest BCUT2D eigenvalue weighted by Crippen LogP contribution is -2.07. The van der Waals surface area contributed by atoms with Crippen LogP contribution in [-0.2, 0) is 0 Å². The van der Waals surface area contributed by atoms with Crippen LogP contribution in [0.15, 0.2) is 30.3 Å². The molecule has 0 N–H and O–H groups in total. The number of hydrogen-bond donors (Lipinski definition) is 0. The van der Waals surface area contributed by atoms with Crippen LogP contribution in [0.25, 0.3) is 5.53 Å². The van der Waals surface area contributed by atoms with Gasteiger partial charge >= 0.3 is 6.21 Å². The zero-order valence-electron chi connectivity index (χ0n) is 14.2. The van der Waals surface area contributed by atoms with Crippen LogP contribution in [0.2, 0.25) is 15.1 Å². The van der Waals surface area contributed by atoms with Crippen molar-refractivity contribution in [3.63, 3.8) is 0 Å². The van der Waals surface area contributed by atoms with Gasteiger partial charge in [0.2, 0.25) is 0 Å². The summed E-state index contributed by atoms with van der Waals surface area (Å²) in [6.07, 6.45) is 1.36. The summed E-state index contributed by atoms with van der Waals surface area (Å²) >= 11 is 18.0. The lowest BCUT2D eigenvalue weighted by atomic mass is 10.1. The minimum Gasteiger partial charge on any atom is -0.493 e. The molecule has 142 valence electrons. The molecule has 0 aliphatic carbocycles. The number of ketones is 1. The van der Waals surface area contributed by atoms with Crippen LogP contribution in [-0.4, -0.2) is 37.1 Å². The van der Waals surface area contributed by atoms with E-state index in [0.29, 0.717) is 57.5 Å². The van der Waals surface area contributed by atoms with E-state index in [1.54, 1.807) is 24.3 Å². The molecular weight excluding hydrogens is 415 g/mol. The SMILES string of the molecule is COc1cc(C(=O)C=[N+]=[N-])ccc1OCCCOc1c(Cl)cc(Cl)cc1Cl. The molecule has 6 nitrogen and oxygen atoms in total. The minimum atomic E-state index is -0.451. The molecule has 0 saturated heterocycles. The van der Waals surface area contributed by atoms with Crippen LogP contribution in [0.1, 0.15) is 16.8 Å². The molecule has 0 unspecified atom stereocenters. The summed E-state index contributed by atoms with van der Waals surface area (Å²) in [5.74, 6) is 0.774. The van der Waals surface area contributed by atoms with Crippen molar-refractivity contribution >= 4 is 46.8 Å². The molecule has 0 radical (unpaired) electrons. The highest BCUT2D eigenvalue weighted by Crippen LogP contribution is 2.36. The van der Waals surface area contributed by atoms with E-state index in [9.17, 15) is 4.79 Å². The highest BCUT2D eigenvalue weighted by atomic mass is 35.5. The van der Waals surface area contributed by atoms with Crippen LogP contribution in [0, 0.1) is 0 Å². The van der Waals surface area contributed by atoms with Gasteiger partial charge in [0.1, 0.15) is 0 Å². The fourth-order valence-electron chi connectivity index (χ4n) is 2.15. The Kier molecular flexibility index (Phi) is 7.95. The van der Waals surface area contributed by atoms with E-state index >= 15 is 0 Å². The second kappa shape index (κ2) is 10.2. The number of nitrogens with zero attached hydrogens (tertiary/aromatic N) is 2. The van der Waals surface area contributed by atoms with E-state index < -0.39 is 5.78 Å². The number of ether oxygens (including phenoxy) is 3. The summed E-state index contributed by atoms with van der Waals surface area (Å²) in [7, 11) is 1.46. The van der Waals surface area contributed by atoms with Gasteiger partial charge in [-0.2, -0.15) is 4.79 Å². The van der Waals surface area contributed by atoms with Gasteiger partial charge in [-0.05, 0) is 30.3 Å². The summed E-state index contributed by atoms with van der Waals surface area (Å²) in [6.45, 7) is 0.664. The Morgan fingerprint density at radius 3 is 2.37 bits per heavy atom. The molecule has 2 rings (SSSR count). The van der Waals surface area contributed by atoms with Crippen molar-refractivity contribution in [2.75, 3.05) is 20.3 Å². The van der Waals surface area contributed by atoms with Crippen LogP contribution < -0.4 is 14.2 Å². The number of hydrogen-bond acceptors (Lipinski definition) is 4. The first-order valence-corrected chi connectivity index (χ1v) is 8.89. The van der Waals surface area contributed by atoms with Crippen molar-refractivity contribution in [1.82, 2.24) is 0 Å². The molecule has 0 aliphatic heterocycles. The Hall–Kier alpha value is -2.24. The average molecular weight is 430 g/mol. The largest absolute Gasteiger partial charge is 0.493 e. The summed E-state index contributed by atoms with van der Waals surface area (Å²) in [6, 6.07) is 7.76. The smallest absolute Gasteiger partial charge is 0.328 e. The van der Waals surface area contributed by atoms with Crippen molar-refractivity contribution in [2.45, 2.75) is 6.42 Å². The van der Waals surface area contributed by atoms with Gasteiger partial charge in [0.05, 0.1) is 30.4 Å². The topological polar surface area (TPSA) is 81.2 Å². The summed E-state index contributed by atoms with van der Waals surface area (Å²) in [5, 5.41) is 1.10. The Labute approximate surface area is 171 Å². The molecular formula is C18H15Cl3N2O4. The molecule has 0 bridgehead atoms. The van der Waals surface area contributed by atoms with Crippen molar-refractivity contribution in [2.24, 2.45) is 0 Å². The standard InChI is InChI=1S/C18H15Cl3N2O4/c1-25-17-7-11(15(24)10-23-22)3-4-16(17)26-5-2-6-27-18-13(20)8-12(19)9-14(18)21/h3-4,7-10H,2,5-6H2,1H3. The number of rotatable bonds is 9. The van der Waals surface area contributed by atoms with Gasteiger partial charge in [-0.1, -0.05) is 34.8 Å². The quantitative estimate of drug-likeness (QED) is 0.185. The molecule has 0 amide bonds. The molecule has 2 aromatic carbocycles. The van der Waals surface area contributed by atoms with E-state index in [2.05, 4.69) is 4.79 Å². The minimum absolute atomic E-state index is 0.312. The first-order valence-electron chi connectivity index (χ1n) is 7.76. The average Bonchev–Trinajstić information content (AvgIpc) is 2.63. The van der Waals surface area contributed by atoms with Gasteiger partial charge in [-0.25, -0.2) is 0 Å². The van der Waals surface area contributed by atoms with Gasteiger partial charge in [0.15, 0.2) is 17.2 Å². The molecule has 9 heteroatoms. The Morgan fingerprint density at radius 2 is 1.74 bits per heavy atom. The predicted molar refractivity (Wildman–Crippen MR) is 104 cm³/mol.